The van der Waals surface area contributed by atoms with Crippen LogP contribution in [0.3, 0.4) is 0 Å². The number of carboxylic acid groups (broad SMARTS) is 1. The van der Waals surface area contributed by atoms with E-state index >= 15 is 0 Å². The SMILES string of the molecule is Cn1cc(C[C@@H](NS(=O)(=O)c2ccc(C#Cc3ccccc3)s2)C(=O)O)c2cc(O)ccc21. The average molecular weight is 481 g/mol. The Morgan fingerprint density at radius 3 is 2.61 bits per heavy atom. The van der Waals surface area contributed by atoms with Crippen molar-refractivity contribution in [2.75, 3.05) is 0 Å². The number of nitrogens with one attached hydrogen (secondary N) is 1. The van der Waals surface area contributed by atoms with Gasteiger partial charge >= 0.3 is 5.97 Å². The average Bonchev–Trinajstić information content (AvgIpc) is 3.38. The number of rotatable bonds is 6. The molecule has 0 saturated carbocycles. The van der Waals surface area contributed by atoms with E-state index < -0.39 is 22.0 Å². The maximum absolute atomic E-state index is 12.9. The third kappa shape index (κ3) is 5.09. The summed E-state index contributed by atoms with van der Waals surface area (Å²) in [5.41, 5.74) is 2.22. The first-order valence-electron chi connectivity index (χ1n) is 9.92. The van der Waals surface area contributed by atoms with Crippen LogP contribution in [0.15, 0.2) is 71.1 Å². The first-order chi connectivity index (χ1) is 15.7. The highest BCUT2D eigenvalue weighted by Crippen LogP contribution is 2.27. The van der Waals surface area contributed by atoms with Crippen molar-refractivity contribution in [1.82, 2.24) is 9.29 Å². The number of carboxylic acids is 1. The zero-order chi connectivity index (χ0) is 23.6. The smallest absolute Gasteiger partial charge is 0.322 e. The molecule has 0 aliphatic carbocycles. The summed E-state index contributed by atoms with van der Waals surface area (Å²) in [6.45, 7) is 0. The summed E-state index contributed by atoms with van der Waals surface area (Å²) in [6, 6.07) is 15.7. The number of hydrogen-bond acceptors (Lipinski definition) is 5. The molecular formula is C24H20N2O5S2. The fourth-order valence-corrected chi connectivity index (χ4v) is 5.82. The summed E-state index contributed by atoms with van der Waals surface area (Å²) < 4.78 is 29.9. The van der Waals surface area contributed by atoms with Gasteiger partial charge in [-0.15, -0.1) is 11.3 Å². The first-order valence-corrected chi connectivity index (χ1v) is 12.2. The minimum atomic E-state index is -4.08. The normalized spacial score (nSPS) is 12.3. The number of benzene rings is 2. The van der Waals surface area contributed by atoms with E-state index in [0.717, 1.165) is 22.4 Å². The molecule has 0 fully saturated rings. The summed E-state index contributed by atoms with van der Waals surface area (Å²) >= 11 is 0.974. The van der Waals surface area contributed by atoms with Gasteiger partial charge < -0.3 is 14.8 Å². The van der Waals surface area contributed by atoms with Crippen LogP contribution in [0.5, 0.6) is 5.75 Å². The number of thiophene rings is 1. The van der Waals surface area contributed by atoms with Crippen molar-refractivity contribution in [3.05, 3.63) is 82.9 Å². The van der Waals surface area contributed by atoms with Crippen molar-refractivity contribution >= 4 is 38.2 Å². The molecule has 2 heterocycles. The number of sulfonamides is 1. The first kappa shape index (κ1) is 22.6. The molecule has 0 radical (unpaired) electrons. The maximum Gasteiger partial charge on any atom is 0.322 e. The Morgan fingerprint density at radius 1 is 1.12 bits per heavy atom. The van der Waals surface area contributed by atoms with Crippen molar-refractivity contribution in [2.24, 2.45) is 7.05 Å². The van der Waals surface area contributed by atoms with Crippen LogP contribution in [0, 0.1) is 11.8 Å². The van der Waals surface area contributed by atoms with Crippen LogP contribution in [0.4, 0.5) is 0 Å². The highest BCUT2D eigenvalue weighted by molar-refractivity contribution is 7.91. The lowest BCUT2D eigenvalue weighted by Gasteiger charge is -2.13. The molecule has 0 saturated heterocycles. The zero-order valence-corrected chi connectivity index (χ0v) is 19.2. The number of phenols is 1. The van der Waals surface area contributed by atoms with Gasteiger partial charge in [0, 0.05) is 36.1 Å². The molecule has 0 aliphatic rings. The van der Waals surface area contributed by atoms with Crippen LogP contribution in [0.2, 0.25) is 0 Å². The van der Waals surface area contributed by atoms with Gasteiger partial charge in [-0.05, 0) is 48.0 Å². The number of aliphatic carboxylic acids is 1. The molecular weight excluding hydrogens is 460 g/mol. The molecule has 3 N–H and O–H groups in total. The minimum absolute atomic E-state index is 0.0123. The molecule has 0 spiro atoms. The van der Waals surface area contributed by atoms with Crippen molar-refractivity contribution in [2.45, 2.75) is 16.7 Å². The van der Waals surface area contributed by atoms with E-state index in [1.165, 1.54) is 12.1 Å². The molecule has 0 amide bonds. The number of nitrogens with zero attached hydrogens (tertiary/aromatic N) is 1. The molecule has 1 atom stereocenters. The summed E-state index contributed by atoms with van der Waals surface area (Å²) in [4.78, 5) is 12.4. The zero-order valence-electron chi connectivity index (χ0n) is 17.5. The lowest BCUT2D eigenvalue weighted by molar-refractivity contribution is -0.138. The summed E-state index contributed by atoms with van der Waals surface area (Å²) in [5, 5.41) is 20.2. The highest BCUT2D eigenvalue weighted by Gasteiger charge is 2.28. The molecule has 7 nitrogen and oxygen atoms in total. The Balaban J connectivity index is 1.56. The van der Waals surface area contributed by atoms with Crippen LogP contribution in [-0.4, -0.2) is 35.2 Å². The van der Waals surface area contributed by atoms with Crippen molar-refractivity contribution in [1.29, 1.82) is 0 Å². The monoisotopic (exact) mass is 480 g/mol. The van der Waals surface area contributed by atoms with Gasteiger partial charge in [0.2, 0.25) is 0 Å². The summed E-state index contributed by atoms with van der Waals surface area (Å²) in [7, 11) is -2.28. The Labute approximate surface area is 195 Å². The number of aryl methyl sites for hydroxylation is 1. The molecule has 0 unspecified atom stereocenters. The van der Waals surface area contributed by atoms with E-state index in [2.05, 4.69) is 16.6 Å². The quantitative estimate of drug-likeness (QED) is 0.367. The number of aromatic nitrogens is 1. The topological polar surface area (TPSA) is 109 Å². The van der Waals surface area contributed by atoms with Crippen LogP contribution >= 0.6 is 11.3 Å². The fourth-order valence-electron chi connectivity index (χ4n) is 3.46. The second-order valence-corrected chi connectivity index (χ2v) is 10.4. The van der Waals surface area contributed by atoms with Gasteiger partial charge in [-0.1, -0.05) is 30.0 Å². The number of phenolic OH excluding ortho intramolecular Hbond substituents is 1. The Kier molecular flexibility index (Phi) is 6.24. The van der Waals surface area contributed by atoms with Gasteiger partial charge in [-0.2, -0.15) is 4.72 Å². The van der Waals surface area contributed by atoms with E-state index in [-0.39, 0.29) is 16.4 Å². The molecule has 0 aliphatic heterocycles. The third-order valence-electron chi connectivity index (χ3n) is 5.03. The van der Waals surface area contributed by atoms with Gasteiger partial charge in [0.05, 0.1) is 4.88 Å². The molecule has 4 rings (SSSR count). The van der Waals surface area contributed by atoms with Crippen LogP contribution in [0.25, 0.3) is 10.9 Å². The highest BCUT2D eigenvalue weighted by atomic mass is 32.2. The van der Waals surface area contributed by atoms with Crippen LogP contribution < -0.4 is 4.72 Å². The molecule has 168 valence electrons. The lowest BCUT2D eigenvalue weighted by atomic mass is 10.1. The van der Waals surface area contributed by atoms with Gasteiger partial charge in [0.15, 0.2) is 0 Å². The lowest BCUT2D eigenvalue weighted by Crippen LogP contribution is -2.42. The maximum atomic E-state index is 12.9. The predicted octanol–water partition coefficient (Wildman–Crippen LogP) is 3.32. The second-order valence-electron chi connectivity index (χ2n) is 7.42. The Hall–Kier alpha value is -3.58. The van der Waals surface area contributed by atoms with E-state index in [1.54, 1.807) is 36.0 Å². The van der Waals surface area contributed by atoms with Crippen LogP contribution in [0.1, 0.15) is 16.0 Å². The van der Waals surface area contributed by atoms with E-state index in [9.17, 15) is 23.4 Å². The van der Waals surface area contributed by atoms with Gasteiger partial charge in [-0.25, -0.2) is 8.42 Å². The molecule has 9 heteroatoms. The number of aromatic hydroxyl groups is 1. The molecule has 4 aromatic rings. The molecule has 2 aromatic heterocycles. The predicted molar refractivity (Wildman–Crippen MR) is 127 cm³/mol. The fraction of sp³-hybridized carbons (Fsp3) is 0.125. The number of carbonyl (C=O) groups is 1. The molecule has 2 aromatic carbocycles. The third-order valence-corrected chi connectivity index (χ3v) is 7.99. The van der Waals surface area contributed by atoms with Crippen molar-refractivity contribution in [3.8, 4) is 17.6 Å². The van der Waals surface area contributed by atoms with Gasteiger partial charge in [0.1, 0.15) is 16.0 Å². The molecule has 33 heavy (non-hydrogen) atoms. The summed E-state index contributed by atoms with van der Waals surface area (Å²) in [5.74, 6) is 4.65. The largest absolute Gasteiger partial charge is 0.508 e. The number of hydrogen-bond donors (Lipinski definition) is 3. The Morgan fingerprint density at radius 2 is 1.88 bits per heavy atom. The van der Waals surface area contributed by atoms with E-state index in [0.29, 0.717) is 15.8 Å². The Bertz CT molecular complexity index is 1490. The molecule has 0 bridgehead atoms. The van der Waals surface area contributed by atoms with E-state index in [1.807, 2.05) is 30.3 Å². The minimum Gasteiger partial charge on any atom is -0.508 e. The van der Waals surface area contributed by atoms with Crippen molar-refractivity contribution in [3.63, 3.8) is 0 Å². The van der Waals surface area contributed by atoms with E-state index in [4.69, 9.17) is 0 Å². The van der Waals surface area contributed by atoms with Gasteiger partial charge in [-0.3, -0.25) is 4.79 Å². The van der Waals surface area contributed by atoms with Crippen molar-refractivity contribution < 1.29 is 23.4 Å². The summed E-state index contributed by atoms with van der Waals surface area (Å²) in [6.07, 6.45) is 1.65. The standard InChI is InChI=1S/C24H20N2O5S2/c1-26-15-17(20-14-18(27)8-11-22(20)26)13-21(24(28)29)25-33(30,31)23-12-10-19(32-23)9-7-16-5-3-2-4-6-16/h2-6,8,10-12,14-15,21,25,27H,13H2,1H3,(H,28,29)/t21-/m1/s1. The number of fused-ring (bicyclic) bond motifs is 1. The van der Waals surface area contributed by atoms with Gasteiger partial charge in [0.25, 0.3) is 10.0 Å². The second kappa shape index (κ2) is 9.11. The van der Waals surface area contributed by atoms with Crippen LogP contribution in [-0.2, 0) is 28.3 Å².